The normalized spacial score (nSPS) is 16.9. The third-order valence-electron chi connectivity index (χ3n) is 5.09. The summed E-state index contributed by atoms with van der Waals surface area (Å²) in [5, 5.41) is 3.88. The molecule has 9 nitrogen and oxygen atoms in total. The van der Waals surface area contributed by atoms with E-state index < -0.39 is 6.04 Å². The molecule has 2 amide bonds. The van der Waals surface area contributed by atoms with E-state index in [1.165, 1.54) is 6.20 Å². The molecule has 3 aromatic rings. The van der Waals surface area contributed by atoms with E-state index in [-0.39, 0.29) is 18.4 Å². The number of rotatable bonds is 3. The molecule has 30 heavy (non-hydrogen) atoms. The Labute approximate surface area is 173 Å². The number of amides is 2. The van der Waals surface area contributed by atoms with Gasteiger partial charge in [-0.3, -0.25) is 19.6 Å². The molecule has 4 rings (SSSR count). The van der Waals surface area contributed by atoms with Crippen LogP contribution in [0.25, 0.3) is 0 Å². The summed E-state index contributed by atoms with van der Waals surface area (Å²) in [7, 11) is 0. The zero-order valence-electron chi connectivity index (χ0n) is 16.9. The third kappa shape index (κ3) is 3.91. The van der Waals surface area contributed by atoms with Gasteiger partial charge in [0.1, 0.15) is 11.7 Å². The minimum atomic E-state index is -0.561. The van der Waals surface area contributed by atoms with Gasteiger partial charge in [-0.25, -0.2) is 0 Å². The number of hydrogen-bond acceptors (Lipinski definition) is 7. The summed E-state index contributed by atoms with van der Waals surface area (Å²) in [6.45, 7) is 4.76. The first-order valence-electron chi connectivity index (χ1n) is 9.76. The first kappa shape index (κ1) is 19.7. The maximum atomic E-state index is 13.2. The van der Waals surface area contributed by atoms with E-state index in [0.29, 0.717) is 42.5 Å². The molecule has 0 bridgehead atoms. The molecular weight excluding hydrogens is 384 g/mol. The standard InChI is InChI=1S/C21H22N6O3/c1-14-6-3-9-23-18(14)21(29)26-10-5-11-27(20(28)16-7-4-8-22-12-16)17(13-26)19-24-15(2)25-30-19/h3-4,6-9,12,17H,5,10-11,13H2,1-2H3. The molecule has 0 spiro atoms. The maximum Gasteiger partial charge on any atom is 0.272 e. The molecule has 0 saturated carbocycles. The Morgan fingerprint density at radius 3 is 2.63 bits per heavy atom. The van der Waals surface area contributed by atoms with Crippen molar-refractivity contribution in [2.45, 2.75) is 26.3 Å². The minimum absolute atomic E-state index is 0.176. The van der Waals surface area contributed by atoms with Gasteiger partial charge in [0.15, 0.2) is 5.82 Å². The van der Waals surface area contributed by atoms with Crippen LogP contribution in [-0.2, 0) is 0 Å². The number of aryl methyl sites for hydroxylation is 2. The van der Waals surface area contributed by atoms with Gasteiger partial charge in [0.2, 0.25) is 0 Å². The van der Waals surface area contributed by atoms with Crippen molar-refractivity contribution in [1.29, 1.82) is 0 Å². The lowest BCUT2D eigenvalue weighted by atomic mass is 10.1. The van der Waals surface area contributed by atoms with Crippen LogP contribution >= 0.6 is 0 Å². The van der Waals surface area contributed by atoms with Crippen molar-refractivity contribution >= 4 is 11.8 Å². The van der Waals surface area contributed by atoms with E-state index in [0.717, 1.165) is 5.56 Å². The Kier molecular flexibility index (Phi) is 5.51. The second kappa shape index (κ2) is 8.40. The van der Waals surface area contributed by atoms with Crippen molar-refractivity contribution < 1.29 is 14.1 Å². The van der Waals surface area contributed by atoms with Gasteiger partial charge in [-0.05, 0) is 44.0 Å². The van der Waals surface area contributed by atoms with Crippen LogP contribution in [0.5, 0.6) is 0 Å². The van der Waals surface area contributed by atoms with E-state index in [1.807, 2.05) is 13.0 Å². The molecule has 4 heterocycles. The first-order chi connectivity index (χ1) is 14.5. The molecule has 1 fully saturated rings. The second-order valence-electron chi connectivity index (χ2n) is 7.21. The lowest BCUT2D eigenvalue weighted by Crippen LogP contribution is -2.40. The first-order valence-corrected chi connectivity index (χ1v) is 9.76. The van der Waals surface area contributed by atoms with Crippen molar-refractivity contribution in [3.05, 3.63) is 71.4 Å². The van der Waals surface area contributed by atoms with Gasteiger partial charge >= 0.3 is 0 Å². The van der Waals surface area contributed by atoms with E-state index >= 15 is 0 Å². The van der Waals surface area contributed by atoms with Crippen LogP contribution in [0.3, 0.4) is 0 Å². The van der Waals surface area contributed by atoms with Gasteiger partial charge < -0.3 is 14.3 Å². The van der Waals surface area contributed by atoms with Crippen molar-refractivity contribution in [2.75, 3.05) is 19.6 Å². The van der Waals surface area contributed by atoms with Crippen LogP contribution in [0.2, 0.25) is 0 Å². The number of carbonyl (C=O) groups excluding carboxylic acids is 2. The van der Waals surface area contributed by atoms with Crippen molar-refractivity contribution in [3.63, 3.8) is 0 Å². The van der Waals surface area contributed by atoms with E-state index in [2.05, 4.69) is 20.1 Å². The summed E-state index contributed by atoms with van der Waals surface area (Å²) in [4.78, 5) is 42.4. The van der Waals surface area contributed by atoms with Crippen LogP contribution in [-0.4, -0.2) is 61.4 Å². The fourth-order valence-electron chi connectivity index (χ4n) is 3.59. The number of pyridine rings is 2. The predicted molar refractivity (Wildman–Crippen MR) is 107 cm³/mol. The third-order valence-corrected chi connectivity index (χ3v) is 5.09. The summed E-state index contributed by atoms with van der Waals surface area (Å²) in [5.74, 6) is 0.418. The molecule has 154 valence electrons. The summed E-state index contributed by atoms with van der Waals surface area (Å²) in [6, 6.07) is 6.53. The number of nitrogens with zero attached hydrogens (tertiary/aromatic N) is 6. The average Bonchev–Trinajstić information content (AvgIpc) is 3.07. The molecule has 1 aliphatic heterocycles. The SMILES string of the molecule is Cc1noc(C2CN(C(=O)c3ncccc3C)CCCN2C(=O)c2cccnc2)n1. The molecule has 0 aromatic carbocycles. The van der Waals surface area contributed by atoms with E-state index in [4.69, 9.17) is 4.52 Å². The Balaban J connectivity index is 1.67. The predicted octanol–water partition coefficient (Wildman–Crippen LogP) is 2.21. The van der Waals surface area contributed by atoms with Crippen LogP contribution in [0.1, 0.15) is 50.6 Å². The topological polar surface area (TPSA) is 105 Å². The van der Waals surface area contributed by atoms with Crippen LogP contribution < -0.4 is 0 Å². The Bertz CT molecular complexity index is 1050. The molecular formula is C21H22N6O3. The molecule has 1 unspecified atom stereocenters. The smallest absolute Gasteiger partial charge is 0.272 e. The maximum absolute atomic E-state index is 13.2. The Hall–Kier alpha value is -3.62. The highest BCUT2D eigenvalue weighted by Gasteiger charge is 2.36. The lowest BCUT2D eigenvalue weighted by Gasteiger charge is -2.29. The summed E-state index contributed by atoms with van der Waals surface area (Å²) in [5.41, 5.74) is 1.68. The number of carbonyl (C=O) groups is 2. The Morgan fingerprint density at radius 1 is 1.10 bits per heavy atom. The molecule has 1 saturated heterocycles. The molecule has 3 aromatic heterocycles. The fourth-order valence-corrected chi connectivity index (χ4v) is 3.59. The Morgan fingerprint density at radius 2 is 1.93 bits per heavy atom. The zero-order chi connectivity index (χ0) is 21.1. The van der Waals surface area contributed by atoms with Crippen molar-refractivity contribution in [3.8, 4) is 0 Å². The van der Waals surface area contributed by atoms with Gasteiger partial charge in [-0.2, -0.15) is 4.98 Å². The number of aromatic nitrogens is 4. The van der Waals surface area contributed by atoms with Gasteiger partial charge in [0.05, 0.1) is 12.1 Å². The summed E-state index contributed by atoms with van der Waals surface area (Å²) in [6.07, 6.45) is 5.37. The van der Waals surface area contributed by atoms with E-state index in [1.54, 1.807) is 47.3 Å². The minimum Gasteiger partial charge on any atom is -0.337 e. The van der Waals surface area contributed by atoms with Gasteiger partial charge in [0, 0.05) is 31.7 Å². The van der Waals surface area contributed by atoms with E-state index in [9.17, 15) is 9.59 Å². The van der Waals surface area contributed by atoms with Crippen molar-refractivity contribution in [1.82, 2.24) is 29.9 Å². The highest BCUT2D eigenvalue weighted by Crippen LogP contribution is 2.27. The molecule has 0 radical (unpaired) electrons. The van der Waals surface area contributed by atoms with Gasteiger partial charge in [-0.15, -0.1) is 0 Å². The average molecular weight is 406 g/mol. The zero-order valence-corrected chi connectivity index (χ0v) is 16.9. The monoisotopic (exact) mass is 406 g/mol. The molecule has 9 heteroatoms. The largest absolute Gasteiger partial charge is 0.337 e. The summed E-state index contributed by atoms with van der Waals surface area (Å²) >= 11 is 0. The van der Waals surface area contributed by atoms with Gasteiger partial charge in [0.25, 0.3) is 17.7 Å². The van der Waals surface area contributed by atoms with Gasteiger partial charge in [-0.1, -0.05) is 11.2 Å². The second-order valence-corrected chi connectivity index (χ2v) is 7.21. The molecule has 1 aliphatic rings. The van der Waals surface area contributed by atoms with Crippen molar-refractivity contribution in [2.24, 2.45) is 0 Å². The number of hydrogen-bond donors (Lipinski definition) is 0. The highest BCUT2D eigenvalue weighted by atomic mass is 16.5. The fraction of sp³-hybridized carbons (Fsp3) is 0.333. The van der Waals surface area contributed by atoms with Crippen LogP contribution in [0, 0.1) is 13.8 Å². The van der Waals surface area contributed by atoms with Crippen LogP contribution in [0.15, 0.2) is 47.4 Å². The molecule has 0 aliphatic carbocycles. The molecule has 0 N–H and O–H groups in total. The quantitative estimate of drug-likeness (QED) is 0.656. The summed E-state index contributed by atoms with van der Waals surface area (Å²) < 4.78 is 5.41. The highest BCUT2D eigenvalue weighted by molar-refractivity contribution is 5.95. The lowest BCUT2D eigenvalue weighted by molar-refractivity contribution is 0.0590. The van der Waals surface area contributed by atoms with Crippen LogP contribution in [0.4, 0.5) is 0 Å². The molecule has 1 atom stereocenters.